The summed E-state index contributed by atoms with van der Waals surface area (Å²) in [6, 6.07) is 6.49. The highest BCUT2D eigenvalue weighted by molar-refractivity contribution is 7.11. The van der Waals surface area contributed by atoms with Crippen molar-refractivity contribution in [3.63, 3.8) is 0 Å². The molecule has 0 radical (unpaired) electrons. The third-order valence-corrected chi connectivity index (χ3v) is 4.40. The molecular weight excluding hydrogens is 240 g/mol. The molecule has 1 aromatic heterocycles. The molecule has 1 unspecified atom stereocenters. The van der Waals surface area contributed by atoms with Gasteiger partial charge in [-0.25, -0.2) is 4.98 Å². The normalized spacial score (nSPS) is 12.7. The molecular formula is C15H20N2S. The summed E-state index contributed by atoms with van der Waals surface area (Å²) >= 11 is 1.76. The molecule has 0 saturated heterocycles. The molecule has 0 aliphatic heterocycles. The molecule has 3 heteroatoms. The molecule has 0 aliphatic rings. The second kappa shape index (κ2) is 5.21. The highest BCUT2D eigenvalue weighted by Gasteiger charge is 2.13. The van der Waals surface area contributed by atoms with Crippen LogP contribution in [0.15, 0.2) is 18.2 Å². The Morgan fingerprint density at radius 2 is 1.94 bits per heavy atom. The fraction of sp³-hybridized carbons (Fsp3) is 0.400. The number of aromatic nitrogens is 1. The lowest BCUT2D eigenvalue weighted by molar-refractivity contribution is 0.711. The summed E-state index contributed by atoms with van der Waals surface area (Å²) in [6.07, 6.45) is 0.823. The lowest BCUT2D eigenvalue weighted by Crippen LogP contribution is -2.14. The van der Waals surface area contributed by atoms with Crippen molar-refractivity contribution in [1.29, 1.82) is 0 Å². The summed E-state index contributed by atoms with van der Waals surface area (Å²) in [7, 11) is 0. The summed E-state index contributed by atoms with van der Waals surface area (Å²) in [4.78, 5) is 5.86. The Hall–Kier alpha value is -1.19. The summed E-state index contributed by atoms with van der Waals surface area (Å²) in [5.41, 5.74) is 11.2. The zero-order chi connectivity index (χ0) is 13.3. The van der Waals surface area contributed by atoms with Crippen LogP contribution in [-0.4, -0.2) is 4.98 Å². The Kier molecular flexibility index (Phi) is 3.83. The van der Waals surface area contributed by atoms with E-state index in [2.05, 4.69) is 50.9 Å². The maximum absolute atomic E-state index is 6.32. The zero-order valence-electron chi connectivity index (χ0n) is 11.4. The van der Waals surface area contributed by atoms with Crippen LogP contribution in [0.3, 0.4) is 0 Å². The summed E-state index contributed by atoms with van der Waals surface area (Å²) in [5.74, 6) is 0. The molecule has 18 heavy (non-hydrogen) atoms. The zero-order valence-corrected chi connectivity index (χ0v) is 12.3. The third kappa shape index (κ3) is 2.79. The molecule has 2 aromatic rings. The second-order valence-corrected chi connectivity index (χ2v) is 6.21. The van der Waals surface area contributed by atoms with E-state index in [1.807, 2.05) is 0 Å². The standard InChI is InChI=1S/C15H20N2S/c1-9-5-6-10(2)13(7-9)14(16)8-15-17-11(3)12(4)18-15/h5-7,14H,8,16H2,1-4H3. The number of aryl methyl sites for hydroxylation is 4. The molecule has 2 N–H and O–H groups in total. The van der Waals surface area contributed by atoms with Gasteiger partial charge in [0.05, 0.1) is 10.7 Å². The van der Waals surface area contributed by atoms with Gasteiger partial charge in [0.25, 0.3) is 0 Å². The molecule has 0 bridgehead atoms. The average Bonchev–Trinajstić information content (AvgIpc) is 2.61. The van der Waals surface area contributed by atoms with Crippen molar-refractivity contribution in [3.8, 4) is 0 Å². The SMILES string of the molecule is Cc1ccc(C)c(C(N)Cc2nc(C)c(C)s2)c1. The largest absolute Gasteiger partial charge is 0.324 e. The molecule has 0 fully saturated rings. The molecule has 0 saturated carbocycles. The maximum Gasteiger partial charge on any atom is 0.0949 e. The van der Waals surface area contributed by atoms with E-state index < -0.39 is 0 Å². The number of nitrogens with two attached hydrogens (primary N) is 1. The van der Waals surface area contributed by atoms with Crippen LogP contribution in [0.4, 0.5) is 0 Å². The van der Waals surface area contributed by atoms with Gasteiger partial charge in [0.2, 0.25) is 0 Å². The average molecular weight is 260 g/mol. The van der Waals surface area contributed by atoms with Crippen molar-refractivity contribution in [3.05, 3.63) is 50.5 Å². The number of hydrogen-bond donors (Lipinski definition) is 1. The molecule has 1 aromatic carbocycles. The fourth-order valence-electron chi connectivity index (χ4n) is 2.08. The van der Waals surface area contributed by atoms with Crippen LogP contribution < -0.4 is 5.73 Å². The quantitative estimate of drug-likeness (QED) is 0.915. The highest BCUT2D eigenvalue weighted by atomic mass is 32.1. The second-order valence-electron chi connectivity index (χ2n) is 4.92. The van der Waals surface area contributed by atoms with Crippen molar-refractivity contribution in [2.24, 2.45) is 5.73 Å². The van der Waals surface area contributed by atoms with Gasteiger partial charge >= 0.3 is 0 Å². The van der Waals surface area contributed by atoms with E-state index in [0.29, 0.717) is 0 Å². The van der Waals surface area contributed by atoms with Crippen LogP contribution in [0, 0.1) is 27.7 Å². The van der Waals surface area contributed by atoms with Gasteiger partial charge in [-0.1, -0.05) is 23.8 Å². The Labute approximate surface area is 113 Å². The molecule has 2 nitrogen and oxygen atoms in total. The number of nitrogens with zero attached hydrogens (tertiary/aromatic N) is 1. The molecule has 1 atom stereocenters. The molecule has 0 amide bonds. The van der Waals surface area contributed by atoms with Crippen molar-refractivity contribution in [2.75, 3.05) is 0 Å². The molecule has 0 spiro atoms. The van der Waals surface area contributed by atoms with E-state index in [0.717, 1.165) is 17.1 Å². The topological polar surface area (TPSA) is 38.9 Å². The monoisotopic (exact) mass is 260 g/mol. The Balaban J connectivity index is 2.21. The Bertz CT molecular complexity index is 538. The lowest BCUT2D eigenvalue weighted by Gasteiger charge is -2.14. The van der Waals surface area contributed by atoms with Crippen LogP contribution in [0.5, 0.6) is 0 Å². The summed E-state index contributed by atoms with van der Waals surface area (Å²) in [6.45, 7) is 8.39. The van der Waals surface area contributed by atoms with Crippen molar-refractivity contribution in [2.45, 2.75) is 40.2 Å². The number of hydrogen-bond acceptors (Lipinski definition) is 3. The van der Waals surface area contributed by atoms with Crippen molar-refractivity contribution in [1.82, 2.24) is 4.98 Å². The number of thiazole rings is 1. The molecule has 96 valence electrons. The summed E-state index contributed by atoms with van der Waals surface area (Å²) in [5, 5.41) is 1.14. The number of rotatable bonds is 3. The first kappa shape index (κ1) is 13.2. The lowest BCUT2D eigenvalue weighted by atomic mass is 9.98. The Morgan fingerprint density at radius 3 is 2.56 bits per heavy atom. The minimum absolute atomic E-state index is 0.0369. The van der Waals surface area contributed by atoms with Crippen molar-refractivity contribution >= 4 is 11.3 Å². The Morgan fingerprint density at radius 1 is 1.22 bits per heavy atom. The summed E-state index contributed by atoms with van der Waals surface area (Å²) < 4.78 is 0. The van der Waals surface area contributed by atoms with Gasteiger partial charge < -0.3 is 5.73 Å². The van der Waals surface area contributed by atoms with E-state index in [9.17, 15) is 0 Å². The minimum Gasteiger partial charge on any atom is -0.324 e. The van der Waals surface area contributed by atoms with Gasteiger partial charge in [-0.2, -0.15) is 0 Å². The molecule has 1 heterocycles. The van der Waals surface area contributed by atoms with Gasteiger partial charge in [0, 0.05) is 17.3 Å². The molecule has 2 rings (SSSR count). The van der Waals surface area contributed by atoms with Crippen LogP contribution >= 0.6 is 11.3 Å². The minimum atomic E-state index is 0.0369. The van der Waals surface area contributed by atoms with Gasteiger partial charge in [-0.15, -0.1) is 11.3 Å². The molecule has 0 aliphatic carbocycles. The van der Waals surface area contributed by atoms with Gasteiger partial charge in [-0.3, -0.25) is 0 Å². The third-order valence-electron chi connectivity index (χ3n) is 3.30. The predicted molar refractivity (Wildman–Crippen MR) is 78.1 cm³/mol. The van der Waals surface area contributed by atoms with E-state index in [4.69, 9.17) is 5.73 Å². The number of benzene rings is 1. The van der Waals surface area contributed by atoms with E-state index in [1.165, 1.54) is 21.6 Å². The van der Waals surface area contributed by atoms with Crippen LogP contribution in [-0.2, 0) is 6.42 Å². The van der Waals surface area contributed by atoms with Gasteiger partial charge in [0.1, 0.15) is 0 Å². The van der Waals surface area contributed by atoms with Crippen LogP contribution in [0.25, 0.3) is 0 Å². The van der Waals surface area contributed by atoms with Gasteiger partial charge in [0.15, 0.2) is 0 Å². The fourth-order valence-corrected chi connectivity index (χ4v) is 3.08. The first-order chi connectivity index (χ1) is 8.47. The van der Waals surface area contributed by atoms with Gasteiger partial charge in [-0.05, 0) is 38.8 Å². The first-order valence-electron chi connectivity index (χ1n) is 6.23. The first-order valence-corrected chi connectivity index (χ1v) is 7.04. The van der Waals surface area contributed by atoms with E-state index in [1.54, 1.807) is 11.3 Å². The van der Waals surface area contributed by atoms with E-state index >= 15 is 0 Å². The van der Waals surface area contributed by atoms with Crippen LogP contribution in [0.2, 0.25) is 0 Å². The maximum atomic E-state index is 6.32. The predicted octanol–water partition coefficient (Wildman–Crippen LogP) is 3.62. The smallest absolute Gasteiger partial charge is 0.0949 e. The van der Waals surface area contributed by atoms with E-state index in [-0.39, 0.29) is 6.04 Å². The van der Waals surface area contributed by atoms with Crippen molar-refractivity contribution < 1.29 is 0 Å². The van der Waals surface area contributed by atoms with Crippen LogP contribution in [0.1, 0.15) is 38.3 Å². The highest BCUT2D eigenvalue weighted by Crippen LogP contribution is 2.24.